The average molecular weight is 395 g/mol. The van der Waals surface area contributed by atoms with Crippen LogP contribution in [0.15, 0.2) is 12.1 Å². The number of hydrogen-bond donors (Lipinski definition) is 1. The number of halogens is 3. The van der Waals surface area contributed by atoms with Crippen LogP contribution in [0.1, 0.15) is 29.0 Å². The molecule has 1 aromatic heterocycles. The first-order valence-corrected chi connectivity index (χ1v) is 9.20. The summed E-state index contributed by atoms with van der Waals surface area (Å²) in [4.78, 5) is 14.3. The highest BCUT2D eigenvalue weighted by Crippen LogP contribution is 2.36. The lowest BCUT2D eigenvalue weighted by Gasteiger charge is -2.39. The molecule has 0 bridgehead atoms. The van der Waals surface area contributed by atoms with E-state index in [0.717, 1.165) is 26.1 Å². The molecule has 2 atom stereocenters. The third-order valence-corrected chi connectivity index (χ3v) is 5.53. The summed E-state index contributed by atoms with van der Waals surface area (Å²) in [5.41, 5.74) is 0.0607. The highest BCUT2D eigenvalue weighted by Gasteiger charge is 2.43. The molecule has 3 rings (SSSR count). The van der Waals surface area contributed by atoms with Gasteiger partial charge in [0, 0.05) is 36.4 Å². The molecule has 2 aliphatic heterocycles. The van der Waals surface area contributed by atoms with Crippen molar-refractivity contribution in [3.63, 3.8) is 0 Å². The van der Waals surface area contributed by atoms with Crippen molar-refractivity contribution in [1.82, 2.24) is 4.90 Å². The number of methoxy groups -OCH3 is 1. The van der Waals surface area contributed by atoms with E-state index >= 15 is 0 Å². The summed E-state index contributed by atoms with van der Waals surface area (Å²) in [5, 5.41) is 7.12. The van der Waals surface area contributed by atoms with Crippen molar-refractivity contribution < 1.29 is 32.5 Å². The summed E-state index contributed by atoms with van der Waals surface area (Å²) in [5.74, 6) is -2.76. The monoisotopic (exact) mass is 395 g/mol. The van der Waals surface area contributed by atoms with Crippen molar-refractivity contribution in [3.8, 4) is 0 Å². The van der Waals surface area contributed by atoms with Gasteiger partial charge in [0.25, 0.3) is 0 Å². The van der Waals surface area contributed by atoms with Gasteiger partial charge in [0.1, 0.15) is 0 Å². The van der Waals surface area contributed by atoms with E-state index in [1.807, 2.05) is 11.3 Å². The van der Waals surface area contributed by atoms with Crippen molar-refractivity contribution >= 4 is 17.3 Å². The minimum atomic E-state index is -5.08. The van der Waals surface area contributed by atoms with E-state index in [1.54, 1.807) is 7.11 Å². The van der Waals surface area contributed by atoms with Crippen molar-refractivity contribution in [2.24, 2.45) is 0 Å². The molecule has 0 aromatic carbocycles. The molecule has 2 saturated heterocycles. The van der Waals surface area contributed by atoms with Gasteiger partial charge in [-0.3, -0.25) is 4.90 Å². The van der Waals surface area contributed by atoms with Crippen LogP contribution in [0.2, 0.25) is 0 Å². The molecule has 1 aromatic rings. The number of aliphatic carboxylic acids is 1. The molecule has 5 nitrogen and oxygen atoms in total. The fourth-order valence-corrected chi connectivity index (χ4v) is 4.29. The second kappa shape index (κ2) is 8.69. The first-order chi connectivity index (χ1) is 12.1. The summed E-state index contributed by atoms with van der Waals surface area (Å²) >= 11 is 1.91. The lowest BCUT2D eigenvalue weighted by atomic mass is 9.89. The number of ether oxygens (including phenoxy) is 2. The van der Waals surface area contributed by atoms with E-state index in [0.29, 0.717) is 6.10 Å². The Morgan fingerprint density at radius 3 is 2.69 bits per heavy atom. The Bertz CT molecular complexity index is 607. The number of carboxylic acid groups (broad SMARTS) is 1. The molecule has 0 amide bonds. The largest absolute Gasteiger partial charge is 0.490 e. The molecule has 2 aliphatic rings. The number of aryl methyl sites for hydroxylation is 1. The molecule has 2 fully saturated rings. The third-order valence-electron chi connectivity index (χ3n) is 4.54. The van der Waals surface area contributed by atoms with Crippen molar-refractivity contribution in [1.29, 1.82) is 0 Å². The molecule has 1 spiro atoms. The quantitative estimate of drug-likeness (QED) is 0.850. The lowest BCUT2D eigenvalue weighted by molar-refractivity contribution is -0.192. The van der Waals surface area contributed by atoms with Crippen LogP contribution in [0.4, 0.5) is 13.2 Å². The van der Waals surface area contributed by atoms with Crippen LogP contribution < -0.4 is 0 Å². The molecule has 26 heavy (non-hydrogen) atoms. The van der Waals surface area contributed by atoms with E-state index in [9.17, 15) is 13.2 Å². The second-order valence-corrected chi connectivity index (χ2v) is 8.06. The van der Waals surface area contributed by atoms with Gasteiger partial charge in [-0.05, 0) is 38.4 Å². The van der Waals surface area contributed by atoms with Gasteiger partial charge in [-0.2, -0.15) is 13.2 Å². The molecular weight excluding hydrogens is 371 g/mol. The van der Waals surface area contributed by atoms with Gasteiger partial charge in [0.05, 0.1) is 18.3 Å². The zero-order valence-corrected chi connectivity index (χ0v) is 15.7. The van der Waals surface area contributed by atoms with E-state index in [2.05, 4.69) is 24.0 Å². The maximum Gasteiger partial charge on any atom is 0.490 e. The SMILES string of the molecule is CO[C@H]1CO[C@@]2(CCCN(Cc3ccc(C)s3)C2)C1.O=C(O)C(F)(F)F. The Labute approximate surface area is 154 Å². The first kappa shape index (κ1) is 21.1. The molecule has 0 saturated carbocycles. The van der Waals surface area contributed by atoms with Crippen LogP contribution in [0.25, 0.3) is 0 Å². The number of carboxylic acids is 1. The standard InChI is InChI=1S/C15H23NO2S.C2HF3O2/c1-12-4-5-14(19-12)9-16-7-3-6-15(11-16)8-13(17-2)10-18-15;3-2(4,5)1(6)7/h4-5,13H,3,6-11H2,1-2H3;(H,6,7)/t13-,15+;/m1./s1. The fraction of sp³-hybridized carbons (Fsp3) is 0.706. The molecule has 0 radical (unpaired) electrons. The smallest absolute Gasteiger partial charge is 0.475 e. The molecule has 148 valence electrons. The summed E-state index contributed by atoms with van der Waals surface area (Å²) in [6.07, 6.45) is -1.30. The van der Waals surface area contributed by atoms with Gasteiger partial charge in [0.2, 0.25) is 0 Å². The predicted molar refractivity (Wildman–Crippen MR) is 91.4 cm³/mol. The number of rotatable bonds is 3. The average Bonchev–Trinajstić information content (AvgIpc) is 3.14. The highest BCUT2D eigenvalue weighted by molar-refractivity contribution is 7.11. The summed E-state index contributed by atoms with van der Waals surface area (Å²) in [7, 11) is 1.79. The number of thiophene rings is 1. The number of likely N-dealkylation sites (tertiary alicyclic amines) is 1. The fourth-order valence-electron chi connectivity index (χ4n) is 3.35. The Morgan fingerprint density at radius 1 is 1.50 bits per heavy atom. The molecule has 3 heterocycles. The Morgan fingerprint density at radius 2 is 2.19 bits per heavy atom. The van der Waals surface area contributed by atoms with E-state index in [4.69, 9.17) is 19.4 Å². The van der Waals surface area contributed by atoms with Gasteiger partial charge in [-0.15, -0.1) is 11.3 Å². The number of nitrogens with zero attached hydrogens (tertiary/aromatic N) is 1. The van der Waals surface area contributed by atoms with Gasteiger partial charge >= 0.3 is 12.1 Å². The molecular formula is C17H24F3NO4S. The van der Waals surface area contributed by atoms with Crippen molar-refractivity contribution in [3.05, 3.63) is 21.9 Å². The predicted octanol–water partition coefficient (Wildman–Crippen LogP) is 3.46. The molecule has 0 aliphatic carbocycles. The minimum absolute atomic E-state index is 0.0607. The van der Waals surface area contributed by atoms with Crippen LogP contribution in [-0.4, -0.2) is 60.7 Å². The summed E-state index contributed by atoms with van der Waals surface area (Å²) < 4.78 is 43.3. The highest BCUT2D eigenvalue weighted by atomic mass is 32.1. The Kier molecular flexibility index (Phi) is 7.06. The van der Waals surface area contributed by atoms with E-state index in [1.165, 1.54) is 29.1 Å². The Hall–Kier alpha value is -1.16. The third kappa shape index (κ3) is 5.94. The van der Waals surface area contributed by atoms with Crippen LogP contribution in [0.3, 0.4) is 0 Å². The number of alkyl halides is 3. The van der Waals surface area contributed by atoms with Gasteiger partial charge in [0.15, 0.2) is 0 Å². The van der Waals surface area contributed by atoms with Crippen LogP contribution in [-0.2, 0) is 20.8 Å². The first-order valence-electron chi connectivity index (χ1n) is 8.38. The van der Waals surface area contributed by atoms with Gasteiger partial charge in [-0.1, -0.05) is 0 Å². The maximum absolute atomic E-state index is 10.6. The van der Waals surface area contributed by atoms with Crippen LogP contribution in [0.5, 0.6) is 0 Å². The molecule has 0 unspecified atom stereocenters. The lowest BCUT2D eigenvalue weighted by Crippen LogP contribution is -2.47. The van der Waals surface area contributed by atoms with Crippen LogP contribution >= 0.6 is 11.3 Å². The van der Waals surface area contributed by atoms with Crippen LogP contribution in [0, 0.1) is 6.92 Å². The zero-order chi connectivity index (χ0) is 19.4. The van der Waals surface area contributed by atoms with E-state index in [-0.39, 0.29) is 5.60 Å². The minimum Gasteiger partial charge on any atom is -0.475 e. The van der Waals surface area contributed by atoms with Gasteiger partial charge < -0.3 is 14.6 Å². The zero-order valence-electron chi connectivity index (χ0n) is 14.8. The van der Waals surface area contributed by atoms with Gasteiger partial charge in [-0.25, -0.2) is 4.79 Å². The van der Waals surface area contributed by atoms with Crippen molar-refractivity contribution in [2.75, 3.05) is 26.8 Å². The topological polar surface area (TPSA) is 59.0 Å². The second-order valence-electron chi connectivity index (χ2n) is 6.69. The molecule has 9 heteroatoms. The number of piperidine rings is 1. The number of carbonyl (C=O) groups is 1. The van der Waals surface area contributed by atoms with Crippen molar-refractivity contribution in [2.45, 2.75) is 50.6 Å². The number of hydrogen-bond acceptors (Lipinski definition) is 5. The Balaban J connectivity index is 0.000000298. The van der Waals surface area contributed by atoms with E-state index < -0.39 is 12.1 Å². The molecule has 1 N–H and O–H groups in total. The normalized spacial score (nSPS) is 26.6. The summed E-state index contributed by atoms with van der Waals surface area (Å²) in [6.45, 7) is 6.27. The maximum atomic E-state index is 10.6. The summed E-state index contributed by atoms with van der Waals surface area (Å²) in [6, 6.07) is 4.47.